The minimum Gasteiger partial charge on any atom is -0.377 e. The second-order valence-corrected chi connectivity index (χ2v) is 4.36. The maximum atomic E-state index is 5.66. The van der Waals surface area contributed by atoms with Gasteiger partial charge in [0.2, 0.25) is 0 Å². The van der Waals surface area contributed by atoms with Crippen LogP contribution in [0, 0.1) is 5.92 Å². The molecule has 1 heterocycles. The summed E-state index contributed by atoms with van der Waals surface area (Å²) in [7, 11) is 0. The Bertz CT molecular complexity index is 112. The summed E-state index contributed by atoms with van der Waals surface area (Å²) < 4.78 is 5.59. The van der Waals surface area contributed by atoms with Crippen molar-refractivity contribution in [2.75, 3.05) is 24.7 Å². The van der Waals surface area contributed by atoms with Crippen LogP contribution in [-0.2, 0) is 4.74 Å². The van der Waals surface area contributed by atoms with Crippen molar-refractivity contribution in [1.82, 2.24) is 0 Å². The Morgan fingerprint density at radius 1 is 1.67 bits per heavy atom. The Hall–Kier alpha value is 0.270. The molecule has 3 heteroatoms. The molecule has 1 rings (SSSR count). The molecule has 12 heavy (non-hydrogen) atoms. The number of thioether (sulfide) groups is 1. The van der Waals surface area contributed by atoms with Crippen LogP contribution < -0.4 is 5.73 Å². The van der Waals surface area contributed by atoms with Gasteiger partial charge in [-0.3, -0.25) is 0 Å². The van der Waals surface area contributed by atoms with Crippen LogP contribution in [0.15, 0.2) is 0 Å². The minimum atomic E-state index is 0.308. The van der Waals surface area contributed by atoms with E-state index in [2.05, 4.69) is 0 Å². The van der Waals surface area contributed by atoms with Gasteiger partial charge in [0, 0.05) is 13.2 Å². The molecule has 0 amide bonds. The van der Waals surface area contributed by atoms with Gasteiger partial charge in [-0.2, -0.15) is 11.8 Å². The van der Waals surface area contributed by atoms with Crippen molar-refractivity contribution in [3.05, 3.63) is 0 Å². The van der Waals surface area contributed by atoms with Crippen molar-refractivity contribution in [1.29, 1.82) is 0 Å². The van der Waals surface area contributed by atoms with E-state index in [1.165, 1.54) is 24.3 Å². The lowest BCUT2D eigenvalue weighted by Crippen LogP contribution is -2.34. The molecule has 0 spiro atoms. The molecule has 1 aliphatic rings. The molecular formula is C9H19NOS. The van der Waals surface area contributed by atoms with Crippen LogP contribution in [-0.4, -0.2) is 30.8 Å². The van der Waals surface area contributed by atoms with Gasteiger partial charge in [0.1, 0.15) is 0 Å². The summed E-state index contributed by atoms with van der Waals surface area (Å²) in [5.41, 5.74) is 5.66. The predicted octanol–water partition coefficient (Wildman–Crippen LogP) is 1.49. The van der Waals surface area contributed by atoms with Crippen LogP contribution >= 0.6 is 11.8 Å². The van der Waals surface area contributed by atoms with E-state index < -0.39 is 0 Å². The van der Waals surface area contributed by atoms with E-state index in [4.69, 9.17) is 10.5 Å². The molecular weight excluding hydrogens is 170 g/mol. The van der Waals surface area contributed by atoms with E-state index >= 15 is 0 Å². The first-order valence-electron chi connectivity index (χ1n) is 4.78. The maximum Gasteiger partial charge on any atom is 0.0733 e. The molecule has 0 aromatic carbocycles. The summed E-state index contributed by atoms with van der Waals surface area (Å²) in [4.78, 5) is 0. The largest absolute Gasteiger partial charge is 0.377 e. The molecule has 0 bridgehead atoms. The van der Waals surface area contributed by atoms with E-state index in [0.717, 1.165) is 6.61 Å². The number of hydrogen-bond acceptors (Lipinski definition) is 3. The molecule has 0 aromatic heterocycles. The third-order valence-corrected chi connectivity index (χ3v) is 3.58. The molecule has 0 radical (unpaired) electrons. The summed E-state index contributed by atoms with van der Waals surface area (Å²) >= 11 is 2.04. The van der Waals surface area contributed by atoms with Crippen LogP contribution in [0.5, 0.6) is 0 Å². The zero-order valence-electron chi connectivity index (χ0n) is 7.79. The van der Waals surface area contributed by atoms with Gasteiger partial charge in [-0.15, -0.1) is 0 Å². The van der Waals surface area contributed by atoms with Crippen LogP contribution in [0.4, 0.5) is 0 Å². The Morgan fingerprint density at radius 3 is 3.00 bits per heavy atom. The topological polar surface area (TPSA) is 35.2 Å². The normalized spacial score (nSPS) is 27.0. The quantitative estimate of drug-likeness (QED) is 0.728. The van der Waals surface area contributed by atoms with E-state index in [9.17, 15) is 0 Å². The van der Waals surface area contributed by atoms with Gasteiger partial charge < -0.3 is 10.5 Å². The van der Waals surface area contributed by atoms with Crippen molar-refractivity contribution in [3.8, 4) is 0 Å². The van der Waals surface area contributed by atoms with Gasteiger partial charge in [0.05, 0.1) is 6.10 Å². The first kappa shape index (κ1) is 10.4. The number of rotatable bonds is 4. The second kappa shape index (κ2) is 5.84. The maximum absolute atomic E-state index is 5.66. The highest BCUT2D eigenvalue weighted by atomic mass is 32.2. The molecule has 2 atom stereocenters. The molecule has 2 N–H and O–H groups in total. The highest BCUT2D eigenvalue weighted by Crippen LogP contribution is 2.26. The monoisotopic (exact) mass is 189 g/mol. The summed E-state index contributed by atoms with van der Waals surface area (Å²) in [6.07, 6.45) is 2.94. The van der Waals surface area contributed by atoms with Crippen molar-refractivity contribution in [3.63, 3.8) is 0 Å². The summed E-state index contributed by atoms with van der Waals surface area (Å²) in [6.45, 7) is 3.51. The first-order chi connectivity index (χ1) is 5.88. The van der Waals surface area contributed by atoms with E-state index in [1.807, 2.05) is 18.7 Å². The van der Waals surface area contributed by atoms with Crippen molar-refractivity contribution < 1.29 is 4.74 Å². The van der Waals surface area contributed by atoms with Crippen molar-refractivity contribution in [2.45, 2.75) is 25.9 Å². The fourth-order valence-electron chi connectivity index (χ4n) is 1.67. The first-order valence-corrected chi connectivity index (χ1v) is 5.93. The summed E-state index contributed by atoms with van der Waals surface area (Å²) in [5.74, 6) is 3.26. The Morgan fingerprint density at radius 2 is 2.50 bits per heavy atom. The lowest BCUT2D eigenvalue weighted by atomic mass is 9.98. The SMILES string of the molecule is CCOC(CN)C1CCCSC1. The molecule has 0 aromatic rings. The number of nitrogens with two attached hydrogens (primary N) is 1. The van der Waals surface area contributed by atoms with E-state index in [1.54, 1.807) is 0 Å². The third kappa shape index (κ3) is 2.96. The second-order valence-electron chi connectivity index (χ2n) is 3.21. The van der Waals surface area contributed by atoms with Crippen molar-refractivity contribution >= 4 is 11.8 Å². The lowest BCUT2D eigenvalue weighted by Gasteiger charge is -2.28. The van der Waals surface area contributed by atoms with Gasteiger partial charge in [-0.1, -0.05) is 0 Å². The molecule has 1 saturated heterocycles. The standard InChI is InChI=1S/C9H19NOS/c1-2-11-9(6-10)8-4-3-5-12-7-8/h8-9H,2-7,10H2,1H3. The third-order valence-electron chi connectivity index (χ3n) is 2.33. The van der Waals surface area contributed by atoms with Crippen LogP contribution in [0.3, 0.4) is 0 Å². The summed E-state index contributed by atoms with van der Waals surface area (Å²) in [6, 6.07) is 0. The van der Waals surface area contributed by atoms with Crippen molar-refractivity contribution in [2.24, 2.45) is 11.7 Å². The number of ether oxygens (including phenoxy) is 1. The molecule has 1 fully saturated rings. The smallest absolute Gasteiger partial charge is 0.0733 e. The zero-order chi connectivity index (χ0) is 8.81. The fraction of sp³-hybridized carbons (Fsp3) is 1.00. The predicted molar refractivity (Wildman–Crippen MR) is 54.5 cm³/mol. The molecule has 0 aliphatic carbocycles. The minimum absolute atomic E-state index is 0.308. The molecule has 0 saturated carbocycles. The van der Waals surface area contributed by atoms with E-state index in [-0.39, 0.29) is 0 Å². The van der Waals surface area contributed by atoms with Gasteiger partial charge in [-0.25, -0.2) is 0 Å². The molecule has 1 aliphatic heterocycles. The van der Waals surface area contributed by atoms with Crippen LogP contribution in [0.1, 0.15) is 19.8 Å². The molecule has 72 valence electrons. The van der Waals surface area contributed by atoms with Crippen LogP contribution in [0.25, 0.3) is 0 Å². The summed E-state index contributed by atoms with van der Waals surface area (Å²) in [5, 5.41) is 0. The number of hydrogen-bond donors (Lipinski definition) is 1. The lowest BCUT2D eigenvalue weighted by molar-refractivity contribution is 0.0296. The van der Waals surface area contributed by atoms with Gasteiger partial charge in [0.25, 0.3) is 0 Å². The van der Waals surface area contributed by atoms with E-state index in [0.29, 0.717) is 18.6 Å². The van der Waals surface area contributed by atoms with Gasteiger partial charge >= 0.3 is 0 Å². The zero-order valence-corrected chi connectivity index (χ0v) is 8.61. The average Bonchev–Trinajstić information content (AvgIpc) is 2.15. The Labute approximate surface area is 79.2 Å². The molecule has 2 nitrogen and oxygen atoms in total. The Kier molecular flexibility index (Phi) is 5.04. The van der Waals surface area contributed by atoms with Gasteiger partial charge in [0.15, 0.2) is 0 Å². The Balaban J connectivity index is 2.29. The highest BCUT2D eigenvalue weighted by molar-refractivity contribution is 7.99. The fourth-order valence-corrected chi connectivity index (χ4v) is 2.89. The average molecular weight is 189 g/mol. The highest BCUT2D eigenvalue weighted by Gasteiger charge is 2.22. The van der Waals surface area contributed by atoms with Crippen LogP contribution in [0.2, 0.25) is 0 Å². The van der Waals surface area contributed by atoms with Gasteiger partial charge in [-0.05, 0) is 37.2 Å². The molecule has 2 unspecified atom stereocenters.